The van der Waals surface area contributed by atoms with Crippen molar-refractivity contribution < 1.29 is 23.9 Å². The molecule has 5 heteroatoms. The maximum Gasteiger partial charge on any atom is 0.316 e. The van der Waals surface area contributed by atoms with Gasteiger partial charge in [0.2, 0.25) is 0 Å². The maximum atomic E-state index is 11.7. The fourth-order valence-electron chi connectivity index (χ4n) is 1.20. The summed E-state index contributed by atoms with van der Waals surface area (Å²) in [5.74, 6) is -2.14. The van der Waals surface area contributed by atoms with Crippen molar-refractivity contribution in [3.63, 3.8) is 0 Å². The highest BCUT2D eigenvalue weighted by atomic mass is 16.6. The first-order valence-corrected chi connectivity index (χ1v) is 6.08. The fraction of sp³-hybridized carbons (Fsp3) is 0.769. The number of hydrogen-bond donors (Lipinski definition) is 0. The van der Waals surface area contributed by atoms with Gasteiger partial charge >= 0.3 is 11.9 Å². The average Bonchev–Trinajstić information content (AvgIpc) is 2.22. The molecular weight excluding hydrogens is 236 g/mol. The van der Waals surface area contributed by atoms with Crippen LogP contribution in [0.4, 0.5) is 0 Å². The Morgan fingerprint density at radius 1 is 1.11 bits per heavy atom. The average molecular weight is 258 g/mol. The van der Waals surface area contributed by atoms with Crippen LogP contribution in [0.3, 0.4) is 0 Å². The number of carbonyl (C=O) groups is 3. The number of rotatable bonds is 6. The van der Waals surface area contributed by atoms with E-state index in [1.165, 1.54) is 6.92 Å². The molecule has 0 saturated carbocycles. The fourth-order valence-corrected chi connectivity index (χ4v) is 1.20. The quantitative estimate of drug-likeness (QED) is 0.537. The summed E-state index contributed by atoms with van der Waals surface area (Å²) in [6.45, 7) is 8.68. The molecule has 0 bridgehead atoms. The van der Waals surface area contributed by atoms with Gasteiger partial charge in [-0.1, -0.05) is 0 Å². The van der Waals surface area contributed by atoms with E-state index >= 15 is 0 Å². The van der Waals surface area contributed by atoms with Crippen molar-refractivity contribution in [1.29, 1.82) is 0 Å². The lowest BCUT2D eigenvalue weighted by atomic mass is 10.0. The summed E-state index contributed by atoms with van der Waals surface area (Å²) in [5, 5.41) is 0. The topological polar surface area (TPSA) is 69.7 Å². The molecule has 5 nitrogen and oxygen atoms in total. The molecule has 0 aromatic rings. The minimum Gasteiger partial charge on any atom is -0.466 e. The van der Waals surface area contributed by atoms with E-state index in [9.17, 15) is 14.4 Å². The third-order valence-electron chi connectivity index (χ3n) is 2.12. The van der Waals surface area contributed by atoms with Gasteiger partial charge < -0.3 is 9.47 Å². The lowest BCUT2D eigenvalue weighted by Crippen LogP contribution is -2.31. The zero-order valence-electron chi connectivity index (χ0n) is 11.7. The Hall–Kier alpha value is -1.39. The SMILES string of the molecule is CCOC(=O)CCC(=O)C(C)C(=O)OC(C)(C)C. The number of ether oxygens (including phenoxy) is 2. The van der Waals surface area contributed by atoms with Gasteiger partial charge in [-0.25, -0.2) is 0 Å². The Balaban J connectivity index is 4.18. The summed E-state index contributed by atoms with van der Waals surface area (Å²) in [7, 11) is 0. The Labute approximate surface area is 108 Å². The van der Waals surface area contributed by atoms with Crippen LogP contribution in [0.5, 0.6) is 0 Å². The van der Waals surface area contributed by atoms with E-state index < -0.39 is 23.5 Å². The molecule has 1 unspecified atom stereocenters. The van der Waals surface area contributed by atoms with Crippen LogP contribution >= 0.6 is 0 Å². The van der Waals surface area contributed by atoms with E-state index in [0.717, 1.165) is 0 Å². The first kappa shape index (κ1) is 16.6. The number of Topliss-reactive ketones (excluding diaryl/α,β-unsaturated/α-hetero) is 1. The lowest BCUT2D eigenvalue weighted by Gasteiger charge is -2.21. The molecule has 0 spiro atoms. The molecule has 0 amide bonds. The molecule has 0 radical (unpaired) electrons. The molecule has 0 saturated heterocycles. The summed E-state index contributed by atoms with van der Waals surface area (Å²) in [6, 6.07) is 0. The first-order valence-electron chi connectivity index (χ1n) is 6.08. The van der Waals surface area contributed by atoms with Gasteiger partial charge in [-0.15, -0.1) is 0 Å². The van der Waals surface area contributed by atoms with Crippen LogP contribution < -0.4 is 0 Å². The predicted molar refractivity (Wildman–Crippen MR) is 65.9 cm³/mol. The molecule has 0 aliphatic carbocycles. The first-order chi connectivity index (χ1) is 8.17. The van der Waals surface area contributed by atoms with Crippen molar-refractivity contribution in [2.45, 2.75) is 53.1 Å². The second-order valence-electron chi connectivity index (χ2n) is 5.03. The highest BCUT2D eigenvalue weighted by Gasteiger charge is 2.27. The molecule has 0 fully saturated rings. The summed E-state index contributed by atoms with van der Waals surface area (Å²) in [5.41, 5.74) is -0.618. The second-order valence-corrected chi connectivity index (χ2v) is 5.03. The molecule has 0 N–H and O–H groups in total. The van der Waals surface area contributed by atoms with Crippen molar-refractivity contribution in [3.05, 3.63) is 0 Å². The number of ketones is 1. The Morgan fingerprint density at radius 2 is 1.67 bits per heavy atom. The molecule has 104 valence electrons. The number of hydrogen-bond acceptors (Lipinski definition) is 5. The van der Waals surface area contributed by atoms with Crippen LogP contribution in [0, 0.1) is 5.92 Å². The van der Waals surface area contributed by atoms with Crippen molar-refractivity contribution in [1.82, 2.24) is 0 Å². The maximum absolute atomic E-state index is 11.7. The molecule has 0 aliphatic heterocycles. The van der Waals surface area contributed by atoms with E-state index in [1.54, 1.807) is 27.7 Å². The monoisotopic (exact) mass is 258 g/mol. The number of esters is 2. The van der Waals surface area contributed by atoms with Crippen LogP contribution in [0.25, 0.3) is 0 Å². The van der Waals surface area contributed by atoms with Crippen LogP contribution in [0.15, 0.2) is 0 Å². The molecule has 0 aliphatic rings. The molecule has 0 heterocycles. The van der Waals surface area contributed by atoms with Crippen LogP contribution in [-0.4, -0.2) is 29.9 Å². The van der Waals surface area contributed by atoms with Crippen LogP contribution in [-0.2, 0) is 23.9 Å². The summed E-state index contributed by atoms with van der Waals surface area (Å²) >= 11 is 0. The Bertz CT molecular complexity index is 314. The van der Waals surface area contributed by atoms with E-state index in [0.29, 0.717) is 0 Å². The molecule has 1 atom stereocenters. The van der Waals surface area contributed by atoms with Crippen molar-refractivity contribution in [2.24, 2.45) is 5.92 Å². The lowest BCUT2D eigenvalue weighted by molar-refractivity contribution is -0.162. The normalized spacial score (nSPS) is 12.7. The van der Waals surface area contributed by atoms with Crippen molar-refractivity contribution >= 4 is 17.7 Å². The molecule has 0 aromatic heterocycles. The third-order valence-corrected chi connectivity index (χ3v) is 2.12. The van der Waals surface area contributed by atoms with Gasteiger partial charge in [0, 0.05) is 6.42 Å². The van der Waals surface area contributed by atoms with Gasteiger partial charge in [-0.3, -0.25) is 14.4 Å². The number of carbonyl (C=O) groups excluding carboxylic acids is 3. The Morgan fingerprint density at radius 3 is 2.11 bits per heavy atom. The zero-order valence-corrected chi connectivity index (χ0v) is 11.7. The van der Waals surface area contributed by atoms with Crippen molar-refractivity contribution in [3.8, 4) is 0 Å². The summed E-state index contributed by atoms with van der Waals surface area (Å²) < 4.78 is 9.80. The molecular formula is C13H22O5. The van der Waals surface area contributed by atoms with Gasteiger partial charge in [0.1, 0.15) is 17.3 Å². The van der Waals surface area contributed by atoms with Crippen LogP contribution in [0.1, 0.15) is 47.5 Å². The molecule has 0 rings (SSSR count). The third kappa shape index (κ3) is 7.04. The van der Waals surface area contributed by atoms with E-state index in [2.05, 4.69) is 0 Å². The standard InChI is InChI=1S/C13H22O5/c1-6-17-11(15)8-7-10(14)9(2)12(16)18-13(3,4)5/h9H,6-8H2,1-5H3. The van der Waals surface area contributed by atoms with Gasteiger partial charge in [0.25, 0.3) is 0 Å². The van der Waals surface area contributed by atoms with Crippen LogP contribution in [0.2, 0.25) is 0 Å². The Kier molecular flexibility index (Phi) is 6.58. The van der Waals surface area contributed by atoms with Gasteiger partial charge in [-0.2, -0.15) is 0 Å². The van der Waals surface area contributed by atoms with Gasteiger partial charge in [-0.05, 0) is 34.6 Å². The van der Waals surface area contributed by atoms with E-state index in [-0.39, 0.29) is 25.2 Å². The van der Waals surface area contributed by atoms with E-state index in [4.69, 9.17) is 9.47 Å². The zero-order chi connectivity index (χ0) is 14.3. The largest absolute Gasteiger partial charge is 0.466 e. The van der Waals surface area contributed by atoms with Gasteiger partial charge in [0.05, 0.1) is 13.0 Å². The predicted octanol–water partition coefficient (Wildman–Crippen LogP) is 1.88. The second kappa shape index (κ2) is 7.13. The summed E-state index contributed by atoms with van der Waals surface area (Å²) in [4.78, 5) is 34.4. The van der Waals surface area contributed by atoms with Crippen molar-refractivity contribution in [2.75, 3.05) is 6.61 Å². The molecule has 0 aromatic carbocycles. The van der Waals surface area contributed by atoms with Gasteiger partial charge in [0.15, 0.2) is 0 Å². The van der Waals surface area contributed by atoms with E-state index in [1.807, 2.05) is 0 Å². The summed E-state index contributed by atoms with van der Waals surface area (Å²) in [6.07, 6.45) is -0.000938. The minimum absolute atomic E-state index is 0.000187. The smallest absolute Gasteiger partial charge is 0.316 e. The molecule has 18 heavy (non-hydrogen) atoms. The highest BCUT2D eigenvalue weighted by molar-refractivity contribution is 5.99. The minimum atomic E-state index is -0.848. The highest BCUT2D eigenvalue weighted by Crippen LogP contribution is 2.13.